The van der Waals surface area contributed by atoms with Crippen LogP contribution < -0.4 is 9.47 Å². The fourth-order valence-electron chi connectivity index (χ4n) is 4.42. The number of likely N-dealkylation sites (N-methyl/N-ethyl adjacent to an activating group) is 1. The highest BCUT2D eigenvalue weighted by molar-refractivity contribution is 5.92. The van der Waals surface area contributed by atoms with Crippen molar-refractivity contribution in [1.29, 1.82) is 0 Å². The number of piperazine rings is 1. The maximum Gasteiger partial charge on any atom is 0.288 e. The van der Waals surface area contributed by atoms with Crippen molar-refractivity contribution in [3.8, 4) is 11.5 Å². The average Bonchev–Trinajstić information content (AvgIpc) is 3.26. The van der Waals surface area contributed by atoms with E-state index in [1.54, 1.807) is 0 Å². The van der Waals surface area contributed by atoms with Crippen LogP contribution in [0.1, 0.15) is 31.2 Å². The fraction of sp³-hybridized carbons (Fsp3) is 0.609. The quantitative estimate of drug-likeness (QED) is 0.705. The predicted octanol–water partition coefficient (Wildman–Crippen LogP) is 1.94. The standard InChI is InChI=1S/C23H32N2O6/c1-3-28-23-17(5-4-12-26)18(16-6-7-19-20(13-16)30-15-29-19)14-21(31-23)22(27)25-10-8-24(2)9-11-25/h6-7,13-14,17-18,23,26H,3-5,8-12,15H2,1-2H3/t17-,18-,23-/m0/s1. The lowest BCUT2D eigenvalue weighted by Gasteiger charge is -2.39. The van der Waals surface area contributed by atoms with Gasteiger partial charge in [-0.25, -0.2) is 0 Å². The molecule has 170 valence electrons. The number of hydrogen-bond donors (Lipinski definition) is 1. The monoisotopic (exact) mass is 432 g/mol. The topological polar surface area (TPSA) is 80.7 Å². The van der Waals surface area contributed by atoms with Crippen LogP contribution in [0.3, 0.4) is 0 Å². The van der Waals surface area contributed by atoms with Crippen molar-refractivity contribution in [2.75, 3.05) is 53.2 Å². The summed E-state index contributed by atoms with van der Waals surface area (Å²) < 4.78 is 23.1. The summed E-state index contributed by atoms with van der Waals surface area (Å²) in [5.74, 6) is 1.55. The number of ether oxygens (including phenoxy) is 4. The molecule has 1 aromatic carbocycles. The molecule has 4 rings (SSSR count). The van der Waals surface area contributed by atoms with E-state index in [0.29, 0.717) is 44.0 Å². The van der Waals surface area contributed by atoms with Crippen molar-refractivity contribution in [2.45, 2.75) is 32.0 Å². The second-order valence-corrected chi connectivity index (χ2v) is 8.24. The molecule has 1 amide bonds. The number of allylic oxidation sites excluding steroid dienone is 1. The Kier molecular flexibility index (Phi) is 6.99. The van der Waals surface area contributed by atoms with Crippen molar-refractivity contribution in [3.05, 3.63) is 35.6 Å². The van der Waals surface area contributed by atoms with Gasteiger partial charge in [0.1, 0.15) is 0 Å². The Morgan fingerprint density at radius 3 is 2.71 bits per heavy atom. The molecular weight excluding hydrogens is 400 g/mol. The smallest absolute Gasteiger partial charge is 0.288 e. The number of rotatable bonds is 7. The highest BCUT2D eigenvalue weighted by Crippen LogP contribution is 2.43. The van der Waals surface area contributed by atoms with Crippen molar-refractivity contribution in [3.63, 3.8) is 0 Å². The zero-order valence-corrected chi connectivity index (χ0v) is 18.3. The van der Waals surface area contributed by atoms with Gasteiger partial charge in [0.25, 0.3) is 5.91 Å². The summed E-state index contributed by atoms with van der Waals surface area (Å²) in [7, 11) is 2.06. The minimum atomic E-state index is -0.552. The van der Waals surface area contributed by atoms with Crippen LogP contribution in [-0.4, -0.2) is 80.3 Å². The van der Waals surface area contributed by atoms with Gasteiger partial charge in [0.2, 0.25) is 13.1 Å². The predicted molar refractivity (Wildman–Crippen MR) is 114 cm³/mol. The van der Waals surface area contributed by atoms with Crippen LogP contribution in [0.5, 0.6) is 11.5 Å². The number of nitrogens with zero attached hydrogens (tertiary/aromatic N) is 2. The lowest BCUT2D eigenvalue weighted by Crippen LogP contribution is -2.49. The summed E-state index contributed by atoms with van der Waals surface area (Å²) in [6.07, 6.45) is 2.72. The molecule has 3 aliphatic heterocycles. The van der Waals surface area contributed by atoms with Crippen molar-refractivity contribution in [2.24, 2.45) is 5.92 Å². The third kappa shape index (κ3) is 4.81. The van der Waals surface area contributed by atoms with Crippen LogP contribution in [-0.2, 0) is 14.3 Å². The Labute approximate surface area is 183 Å². The number of hydrogen-bond acceptors (Lipinski definition) is 7. The van der Waals surface area contributed by atoms with Crippen molar-refractivity contribution in [1.82, 2.24) is 9.80 Å². The molecule has 31 heavy (non-hydrogen) atoms. The molecule has 3 aliphatic rings. The largest absolute Gasteiger partial charge is 0.459 e. The normalized spacial score (nSPS) is 25.8. The van der Waals surface area contributed by atoms with E-state index in [-0.39, 0.29) is 31.1 Å². The summed E-state index contributed by atoms with van der Waals surface area (Å²) >= 11 is 0. The molecule has 8 nitrogen and oxygen atoms in total. The SMILES string of the molecule is CCO[C@H]1OC(C(=O)N2CCN(C)CC2)=C[C@@H](c2ccc3c(c2)OCO3)[C@@H]1CCCO. The summed E-state index contributed by atoms with van der Waals surface area (Å²) in [6.45, 7) is 5.75. The Morgan fingerprint density at radius 2 is 1.97 bits per heavy atom. The Morgan fingerprint density at radius 1 is 1.19 bits per heavy atom. The van der Waals surface area contributed by atoms with E-state index in [9.17, 15) is 9.90 Å². The molecule has 1 N–H and O–H groups in total. The molecule has 0 unspecified atom stereocenters. The van der Waals surface area contributed by atoms with E-state index in [4.69, 9.17) is 18.9 Å². The van der Waals surface area contributed by atoms with E-state index < -0.39 is 6.29 Å². The third-order valence-corrected chi connectivity index (χ3v) is 6.19. The highest BCUT2D eigenvalue weighted by Gasteiger charge is 2.39. The number of aliphatic hydroxyl groups is 1. The van der Waals surface area contributed by atoms with E-state index in [1.165, 1.54) is 0 Å². The van der Waals surface area contributed by atoms with Crippen molar-refractivity contribution >= 4 is 5.91 Å². The minimum Gasteiger partial charge on any atom is -0.459 e. The summed E-state index contributed by atoms with van der Waals surface area (Å²) in [6, 6.07) is 5.89. The zero-order valence-electron chi connectivity index (χ0n) is 18.3. The van der Waals surface area contributed by atoms with Gasteiger partial charge in [-0.1, -0.05) is 6.07 Å². The van der Waals surface area contributed by atoms with E-state index in [2.05, 4.69) is 11.9 Å². The highest BCUT2D eigenvalue weighted by atomic mass is 16.7. The van der Waals surface area contributed by atoms with Crippen LogP contribution in [0, 0.1) is 5.92 Å². The molecule has 0 saturated carbocycles. The second-order valence-electron chi connectivity index (χ2n) is 8.24. The molecule has 0 aliphatic carbocycles. The van der Waals surface area contributed by atoms with Gasteiger partial charge < -0.3 is 33.9 Å². The maximum absolute atomic E-state index is 13.3. The Balaban J connectivity index is 1.65. The molecular formula is C23H32N2O6. The van der Waals surface area contributed by atoms with Crippen LogP contribution in [0.25, 0.3) is 0 Å². The molecule has 3 atom stereocenters. The average molecular weight is 433 g/mol. The first-order valence-corrected chi connectivity index (χ1v) is 11.1. The number of benzene rings is 1. The summed E-state index contributed by atoms with van der Waals surface area (Å²) in [5, 5.41) is 9.43. The molecule has 8 heteroatoms. The van der Waals surface area contributed by atoms with Gasteiger partial charge in [0.15, 0.2) is 17.3 Å². The first-order valence-electron chi connectivity index (χ1n) is 11.1. The maximum atomic E-state index is 13.3. The summed E-state index contributed by atoms with van der Waals surface area (Å²) in [5.41, 5.74) is 1.02. The third-order valence-electron chi connectivity index (χ3n) is 6.19. The molecule has 0 radical (unpaired) electrons. The summed E-state index contributed by atoms with van der Waals surface area (Å²) in [4.78, 5) is 17.3. The number of carbonyl (C=O) groups is 1. The first-order chi connectivity index (χ1) is 15.1. The lowest BCUT2D eigenvalue weighted by molar-refractivity contribution is -0.170. The lowest BCUT2D eigenvalue weighted by atomic mass is 9.80. The van der Waals surface area contributed by atoms with Crippen molar-refractivity contribution < 1.29 is 28.8 Å². The Bertz CT molecular complexity index is 805. The zero-order chi connectivity index (χ0) is 21.8. The molecule has 0 bridgehead atoms. The van der Waals surface area contributed by atoms with Gasteiger partial charge in [-0.05, 0) is 50.6 Å². The van der Waals surface area contributed by atoms with E-state index in [1.807, 2.05) is 36.1 Å². The van der Waals surface area contributed by atoms with Crippen LogP contribution in [0.4, 0.5) is 0 Å². The molecule has 1 fully saturated rings. The number of fused-ring (bicyclic) bond motifs is 1. The van der Waals surface area contributed by atoms with Gasteiger partial charge in [-0.15, -0.1) is 0 Å². The first kappa shape index (κ1) is 21.9. The van der Waals surface area contributed by atoms with Crippen LogP contribution >= 0.6 is 0 Å². The van der Waals surface area contributed by atoms with Crippen LogP contribution in [0.15, 0.2) is 30.0 Å². The van der Waals surface area contributed by atoms with E-state index >= 15 is 0 Å². The van der Waals surface area contributed by atoms with Gasteiger partial charge in [-0.2, -0.15) is 0 Å². The number of amides is 1. The second kappa shape index (κ2) is 9.89. The molecule has 1 aromatic rings. The van der Waals surface area contributed by atoms with Gasteiger partial charge in [0, 0.05) is 51.2 Å². The Hall–Kier alpha value is -2.29. The van der Waals surface area contributed by atoms with Gasteiger partial charge in [0.05, 0.1) is 0 Å². The van der Waals surface area contributed by atoms with Gasteiger partial charge >= 0.3 is 0 Å². The minimum absolute atomic E-state index is 0.0310. The van der Waals surface area contributed by atoms with Gasteiger partial charge in [-0.3, -0.25) is 4.79 Å². The fourth-order valence-corrected chi connectivity index (χ4v) is 4.42. The van der Waals surface area contributed by atoms with Crippen LogP contribution in [0.2, 0.25) is 0 Å². The molecule has 0 spiro atoms. The molecule has 3 heterocycles. The van der Waals surface area contributed by atoms with E-state index in [0.717, 1.165) is 24.4 Å². The molecule has 0 aromatic heterocycles. The number of carbonyl (C=O) groups excluding carboxylic acids is 1. The molecule has 1 saturated heterocycles. The number of aliphatic hydroxyl groups excluding tert-OH is 1.